The Balaban J connectivity index is 1.37. The summed E-state index contributed by atoms with van der Waals surface area (Å²) in [6.07, 6.45) is 5.78. The highest BCUT2D eigenvalue weighted by Gasteiger charge is 2.28. The van der Waals surface area contributed by atoms with Crippen molar-refractivity contribution in [3.8, 4) is 0 Å². The van der Waals surface area contributed by atoms with Crippen LogP contribution in [0.3, 0.4) is 0 Å². The first-order chi connectivity index (χ1) is 14.0. The molecule has 0 unspecified atom stereocenters. The maximum absolute atomic E-state index is 12.5. The highest BCUT2D eigenvalue weighted by Crippen LogP contribution is 2.23. The van der Waals surface area contributed by atoms with Crippen LogP contribution < -0.4 is 20.4 Å². The van der Waals surface area contributed by atoms with E-state index in [1.54, 1.807) is 0 Å². The van der Waals surface area contributed by atoms with Crippen LogP contribution >= 0.6 is 0 Å². The van der Waals surface area contributed by atoms with Gasteiger partial charge in [0.2, 0.25) is 0 Å². The molecule has 2 amide bonds. The van der Waals surface area contributed by atoms with Gasteiger partial charge >= 0.3 is 0 Å². The van der Waals surface area contributed by atoms with Crippen molar-refractivity contribution in [1.82, 2.24) is 5.32 Å². The predicted octanol–water partition coefficient (Wildman–Crippen LogP) is -0.334. The summed E-state index contributed by atoms with van der Waals surface area (Å²) >= 11 is 0. The van der Waals surface area contributed by atoms with E-state index in [1.165, 1.54) is 34.6 Å². The van der Waals surface area contributed by atoms with Crippen LogP contribution in [0.2, 0.25) is 0 Å². The van der Waals surface area contributed by atoms with Crippen molar-refractivity contribution in [2.45, 2.75) is 52.0 Å². The molecule has 6 heteroatoms. The maximum Gasteiger partial charge on any atom is 0.279 e. The summed E-state index contributed by atoms with van der Waals surface area (Å²) in [5.74, 6) is 0.866. The monoisotopic (exact) mass is 402 g/mol. The van der Waals surface area contributed by atoms with Crippen molar-refractivity contribution in [3.05, 3.63) is 29.8 Å². The van der Waals surface area contributed by atoms with Crippen LogP contribution in [0, 0.1) is 5.92 Å². The van der Waals surface area contributed by atoms with Gasteiger partial charge in [0, 0.05) is 11.7 Å². The molecule has 1 heterocycles. The second-order valence-electron chi connectivity index (χ2n) is 8.85. The Bertz CT molecular complexity index is 685. The summed E-state index contributed by atoms with van der Waals surface area (Å²) in [7, 11) is 0. The second kappa shape index (κ2) is 10.7. The number of para-hydroxylation sites is 1. The Morgan fingerprint density at radius 2 is 1.59 bits per heavy atom. The maximum atomic E-state index is 12.5. The van der Waals surface area contributed by atoms with E-state index in [9.17, 15) is 9.59 Å². The molecule has 4 N–H and O–H groups in total. The van der Waals surface area contributed by atoms with Crippen LogP contribution in [0.25, 0.3) is 0 Å². The molecule has 2 atom stereocenters. The minimum atomic E-state index is 0.0772. The molecule has 2 aliphatic rings. The number of rotatable bonds is 7. The molecule has 0 aromatic heterocycles. The average molecular weight is 403 g/mol. The lowest BCUT2D eigenvalue weighted by molar-refractivity contribution is -1.00. The number of carbonyl (C=O) groups excluding carboxylic acids is 2. The quantitative estimate of drug-likeness (QED) is 0.504. The lowest BCUT2D eigenvalue weighted by atomic mass is 9.86. The van der Waals surface area contributed by atoms with Gasteiger partial charge in [-0.3, -0.25) is 9.59 Å². The van der Waals surface area contributed by atoms with E-state index in [1.807, 2.05) is 18.2 Å². The third-order valence-electron chi connectivity index (χ3n) is 6.62. The molecule has 6 nitrogen and oxygen atoms in total. The molecular weight excluding hydrogens is 364 g/mol. The average Bonchev–Trinajstić information content (AvgIpc) is 2.71. The topological polar surface area (TPSA) is 67.1 Å². The summed E-state index contributed by atoms with van der Waals surface area (Å²) in [6, 6.07) is 8.36. The van der Waals surface area contributed by atoms with Crippen molar-refractivity contribution in [2.24, 2.45) is 5.92 Å². The van der Waals surface area contributed by atoms with Crippen molar-refractivity contribution in [1.29, 1.82) is 0 Å². The summed E-state index contributed by atoms with van der Waals surface area (Å²) in [4.78, 5) is 27.5. The molecule has 1 aromatic rings. The van der Waals surface area contributed by atoms with Gasteiger partial charge in [-0.2, -0.15) is 0 Å². The van der Waals surface area contributed by atoms with Gasteiger partial charge in [-0.05, 0) is 36.8 Å². The van der Waals surface area contributed by atoms with E-state index < -0.39 is 0 Å². The molecule has 29 heavy (non-hydrogen) atoms. The number of anilines is 1. The normalized spacial score (nSPS) is 27.2. The number of piperazine rings is 1. The summed E-state index contributed by atoms with van der Waals surface area (Å²) < 4.78 is 0. The Hall–Kier alpha value is -1.92. The van der Waals surface area contributed by atoms with Gasteiger partial charge in [-0.1, -0.05) is 44.9 Å². The standard InChI is InChI=1S/C23H36N4O2/c1-3-19-9-5-7-11-21(19)25-23(29)17-27-14-12-26(13-15-27)16-22(28)24-20-10-6-4-8-18(20)2/h5,7,9,11,18,20H,3-4,6,8,10,12-17H2,1-2H3,(H,24,28)(H,25,29)/p+2/t18-,20-/m1/s1. The molecule has 1 aromatic carbocycles. The third kappa shape index (κ3) is 6.54. The second-order valence-corrected chi connectivity index (χ2v) is 8.85. The SMILES string of the molecule is CCc1ccccc1NC(=O)C[NH+]1CC[NH+](CC(=O)N[C@@H]2CCCC[C@H]2C)CC1. The molecule has 3 rings (SSSR count). The van der Waals surface area contributed by atoms with Crippen LogP contribution in [0.4, 0.5) is 5.69 Å². The molecular formula is C23H38N4O2+2. The Morgan fingerprint density at radius 1 is 0.966 bits per heavy atom. The van der Waals surface area contributed by atoms with Crippen molar-refractivity contribution in [3.63, 3.8) is 0 Å². The van der Waals surface area contributed by atoms with Crippen molar-refractivity contribution >= 4 is 17.5 Å². The van der Waals surface area contributed by atoms with Crippen LogP contribution in [0.1, 0.15) is 45.1 Å². The number of carbonyl (C=O) groups is 2. The van der Waals surface area contributed by atoms with Crippen LogP contribution in [0.5, 0.6) is 0 Å². The molecule has 0 bridgehead atoms. The molecule has 1 saturated carbocycles. The number of amides is 2. The van der Waals surface area contributed by atoms with Crippen LogP contribution in [-0.4, -0.2) is 57.1 Å². The number of aryl methyl sites for hydroxylation is 1. The van der Waals surface area contributed by atoms with Gasteiger partial charge in [-0.25, -0.2) is 0 Å². The first-order valence-corrected chi connectivity index (χ1v) is 11.4. The number of quaternary nitrogens is 2. The van der Waals surface area contributed by atoms with E-state index in [0.29, 0.717) is 25.0 Å². The minimum Gasteiger partial charge on any atom is -0.348 e. The van der Waals surface area contributed by atoms with Gasteiger partial charge in [0.15, 0.2) is 13.1 Å². The lowest BCUT2D eigenvalue weighted by Crippen LogP contribution is -3.28. The van der Waals surface area contributed by atoms with E-state index >= 15 is 0 Å². The molecule has 0 radical (unpaired) electrons. The van der Waals surface area contributed by atoms with E-state index in [0.717, 1.165) is 44.7 Å². The van der Waals surface area contributed by atoms with Crippen molar-refractivity contribution < 1.29 is 19.4 Å². The highest BCUT2D eigenvalue weighted by atomic mass is 16.2. The zero-order valence-electron chi connectivity index (χ0n) is 18.1. The first kappa shape index (κ1) is 21.8. The van der Waals surface area contributed by atoms with Crippen LogP contribution in [-0.2, 0) is 16.0 Å². The zero-order chi connectivity index (χ0) is 20.6. The first-order valence-electron chi connectivity index (χ1n) is 11.4. The number of benzene rings is 1. The highest BCUT2D eigenvalue weighted by molar-refractivity contribution is 5.92. The molecule has 1 aliphatic carbocycles. The van der Waals surface area contributed by atoms with Crippen LogP contribution in [0.15, 0.2) is 24.3 Å². The smallest absolute Gasteiger partial charge is 0.279 e. The summed E-state index contributed by atoms with van der Waals surface area (Å²) in [6.45, 7) is 9.18. The number of hydrogen-bond acceptors (Lipinski definition) is 2. The Labute approximate surface area is 175 Å². The number of hydrogen-bond donors (Lipinski definition) is 4. The number of nitrogens with one attached hydrogen (secondary N) is 4. The fraction of sp³-hybridized carbons (Fsp3) is 0.652. The van der Waals surface area contributed by atoms with Gasteiger partial charge in [0.25, 0.3) is 11.8 Å². The minimum absolute atomic E-state index is 0.0772. The zero-order valence-corrected chi connectivity index (χ0v) is 18.1. The molecule has 2 fully saturated rings. The molecule has 160 valence electrons. The fourth-order valence-electron chi connectivity index (χ4n) is 4.70. The van der Waals surface area contributed by atoms with Gasteiger partial charge < -0.3 is 20.4 Å². The van der Waals surface area contributed by atoms with Crippen molar-refractivity contribution in [2.75, 3.05) is 44.6 Å². The fourth-order valence-corrected chi connectivity index (χ4v) is 4.70. The van der Waals surface area contributed by atoms with E-state index in [4.69, 9.17) is 0 Å². The summed E-state index contributed by atoms with van der Waals surface area (Å²) in [5, 5.41) is 6.34. The Morgan fingerprint density at radius 3 is 2.24 bits per heavy atom. The predicted molar refractivity (Wildman–Crippen MR) is 115 cm³/mol. The lowest BCUT2D eigenvalue weighted by Gasteiger charge is -2.31. The van der Waals surface area contributed by atoms with E-state index in [2.05, 4.69) is 30.5 Å². The Kier molecular flexibility index (Phi) is 8.07. The largest absolute Gasteiger partial charge is 0.348 e. The summed E-state index contributed by atoms with van der Waals surface area (Å²) in [5.41, 5.74) is 2.10. The van der Waals surface area contributed by atoms with Gasteiger partial charge in [-0.15, -0.1) is 0 Å². The van der Waals surface area contributed by atoms with E-state index in [-0.39, 0.29) is 11.8 Å². The van der Waals surface area contributed by atoms with Gasteiger partial charge in [0.05, 0.1) is 0 Å². The van der Waals surface area contributed by atoms with Gasteiger partial charge in [0.1, 0.15) is 26.2 Å². The third-order valence-corrected chi connectivity index (χ3v) is 6.62. The molecule has 1 saturated heterocycles. The molecule has 1 aliphatic heterocycles. The molecule has 0 spiro atoms.